The highest BCUT2D eigenvalue weighted by Crippen LogP contribution is 2.04. The molecule has 0 amide bonds. The molecule has 0 heterocycles. The van der Waals surface area contributed by atoms with Gasteiger partial charge in [0, 0.05) is 17.6 Å². The van der Waals surface area contributed by atoms with Crippen LogP contribution in [0.5, 0.6) is 0 Å². The normalized spacial score (nSPS) is 10.5. The fourth-order valence-corrected chi connectivity index (χ4v) is 0.950. The molecule has 0 unspecified atom stereocenters. The van der Waals surface area contributed by atoms with Crippen molar-refractivity contribution in [3.8, 4) is 0 Å². The van der Waals surface area contributed by atoms with E-state index in [4.69, 9.17) is 0 Å². The van der Waals surface area contributed by atoms with E-state index in [1.165, 1.54) is 7.11 Å². The number of rotatable bonds is 5. The lowest BCUT2D eigenvalue weighted by Crippen LogP contribution is -2.02. The minimum absolute atomic E-state index is 0.00100. The van der Waals surface area contributed by atoms with E-state index in [-0.39, 0.29) is 11.8 Å². The number of allylic oxidation sites excluding steroid dienone is 2. The molecule has 0 bridgehead atoms. The summed E-state index contributed by atoms with van der Waals surface area (Å²) in [5.41, 5.74) is 3.59. The molecule has 0 spiro atoms. The molecule has 0 aliphatic heterocycles. The van der Waals surface area contributed by atoms with Crippen molar-refractivity contribution in [2.45, 2.75) is 26.7 Å². The van der Waals surface area contributed by atoms with Crippen molar-refractivity contribution in [2.24, 2.45) is 0 Å². The van der Waals surface area contributed by atoms with Crippen LogP contribution in [0.15, 0.2) is 29.5 Å². The number of carbonyl (C=O) groups is 2. The van der Waals surface area contributed by atoms with E-state index >= 15 is 0 Å². The highest BCUT2D eigenvalue weighted by atomic mass is 16.5. The van der Waals surface area contributed by atoms with Gasteiger partial charge in [-0.1, -0.05) is 12.7 Å². The zero-order valence-electron chi connectivity index (χ0n) is 9.42. The van der Waals surface area contributed by atoms with Gasteiger partial charge in [0.2, 0.25) is 0 Å². The molecule has 0 N–H and O–H groups in total. The second-order valence-electron chi connectivity index (χ2n) is 3.14. The van der Waals surface area contributed by atoms with Gasteiger partial charge in [-0.3, -0.25) is 4.79 Å². The summed E-state index contributed by atoms with van der Waals surface area (Å²) in [5, 5.41) is 0. The Morgan fingerprint density at radius 2 is 2.00 bits per heavy atom. The van der Waals surface area contributed by atoms with Crippen molar-refractivity contribution in [3.63, 3.8) is 0 Å². The van der Waals surface area contributed by atoms with Gasteiger partial charge in [0.25, 0.3) is 0 Å². The Kier molecular flexibility index (Phi) is 6.07. The maximum Gasteiger partial charge on any atom is 0.333 e. The van der Waals surface area contributed by atoms with Gasteiger partial charge in [0.1, 0.15) is 0 Å². The molecule has 82 valence electrons. The molecule has 0 atom stereocenters. The van der Waals surface area contributed by atoms with Crippen molar-refractivity contribution in [1.29, 1.82) is 0 Å². The topological polar surface area (TPSA) is 43.4 Å². The fourth-order valence-electron chi connectivity index (χ4n) is 0.950. The third-order valence-electron chi connectivity index (χ3n) is 2.01. The van der Waals surface area contributed by atoms with E-state index in [0.29, 0.717) is 24.0 Å². The second kappa shape index (κ2) is 6.80. The minimum Gasteiger partial charge on any atom is -0.466 e. The lowest BCUT2D eigenvalue weighted by Gasteiger charge is -1.98. The monoisotopic (exact) mass is 208 g/mol. The average Bonchev–Trinajstić information content (AvgIpc) is 2.26. The van der Waals surface area contributed by atoms with Crippen LogP contribution in [0.3, 0.4) is 0 Å². The molecule has 0 saturated heterocycles. The zero-order chi connectivity index (χ0) is 11.8. The molecule has 0 radical (unpaired) electrons. The Labute approximate surface area is 90.1 Å². The van der Waals surface area contributed by atoms with Crippen molar-refractivity contribution >= 4 is 11.8 Å². The molecule has 0 aliphatic carbocycles. The summed E-state index contributed by atoms with van der Waals surface area (Å²) in [7, 11) is 1.33. The largest absolute Gasteiger partial charge is 0.466 e. The summed E-state index contributed by atoms with van der Waals surface area (Å²) in [4.78, 5) is 22.3. The summed E-state index contributed by atoms with van der Waals surface area (Å²) >= 11 is 0. The van der Waals surface area contributed by atoms with Gasteiger partial charge < -0.3 is 4.74 Å². The number of carbonyl (C=O) groups excluding carboxylic acids is 2. The van der Waals surface area contributed by atoms with E-state index in [1.54, 1.807) is 19.9 Å². The Bertz CT molecular complexity index is 331. The smallest absolute Gasteiger partial charge is 0.333 e. The molecule has 3 heteroatoms. The van der Waals surface area contributed by atoms with E-state index < -0.39 is 0 Å². The minimum atomic E-state index is -0.363. The van der Waals surface area contributed by atoms with Gasteiger partial charge in [0.05, 0.1) is 7.11 Å². The molecular formula is C12H16O3. The van der Waals surface area contributed by atoms with Crippen LogP contribution in [0.4, 0.5) is 0 Å². The molecule has 15 heavy (non-hydrogen) atoms. The first-order chi connectivity index (χ1) is 7.02. The average molecular weight is 208 g/mol. The van der Waals surface area contributed by atoms with Crippen molar-refractivity contribution in [3.05, 3.63) is 29.5 Å². The molecule has 0 aromatic rings. The number of hydrogen-bond donors (Lipinski definition) is 0. The van der Waals surface area contributed by atoms with Crippen molar-refractivity contribution in [2.75, 3.05) is 7.11 Å². The van der Waals surface area contributed by atoms with Gasteiger partial charge in [-0.2, -0.15) is 0 Å². The molecule has 0 rings (SSSR count). The van der Waals surface area contributed by atoms with Crippen molar-refractivity contribution in [1.82, 2.24) is 0 Å². The van der Waals surface area contributed by atoms with Crippen LogP contribution in [-0.4, -0.2) is 18.9 Å². The summed E-state index contributed by atoms with van der Waals surface area (Å²) in [6, 6.07) is 0. The number of esters is 1. The Balaban J connectivity index is 4.15. The number of hydrogen-bond acceptors (Lipinski definition) is 3. The lowest BCUT2D eigenvalue weighted by atomic mass is 10.1. The van der Waals surface area contributed by atoms with E-state index in [1.807, 2.05) is 0 Å². The van der Waals surface area contributed by atoms with Crippen LogP contribution in [0.2, 0.25) is 0 Å². The summed E-state index contributed by atoms with van der Waals surface area (Å²) < 4.78 is 4.52. The molecular weight excluding hydrogens is 192 g/mol. The van der Waals surface area contributed by atoms with Crippen LogP contribution in [0.25, 0.3) is 0 Å². The molecule has 0 aliphatic rings. The number of Topliss-reactive ketones (excluding diaryl/α,β-unsaturated/α-hetero) is 1. The Morgan fingerprint density at radius 1 is 1.40 bits per heavy atom. The third-order valence-corrected chi connectivity index (χ3v) is 2.01. The van der Waals surface area contributed by atoms with Crippen LogP contribution in [0, 0.1) is 0 Å². The van der Waals surface area contributed by atoms with Crippen LogP contribution in [-0.2, 0) is 14.3 Å². The van der Waals surface area contributed by atoms with Crippen LogP contribution in [0.1, 0.15) is 26.7 Å². The molecule has 0 aromatic heterocycles. The van der Waals surface area contributed by atoms with Crippen LogP contribution >= 0.6 is 0 Å². The van der Waals surface area contributed by atoms with Crippen LogP contribution < -0.4 is 0 Å². The SMILES string of the molecule is C=C=C(C)C(=O)CC/C=C(\C)C(=O)OC. The molecule has 0 saturated carbocycles. The quantitative estimate of drug-likeness (QED) is 0.395. The summed E-state index contributed by atoms with van der Waals surface area (Å²) in [6.45, 7) is 6.73. The lowest BCUT2D eigenvalue weighted by molar-refractivity contribution is -0.136. The summed E-state index contributed by atoms with van der Waals surface area (Å²) in [6.07, 6.45) is 2.58. The molecule has 0 aromatic carbocycles. The zero-order valence-corrected chi connectivity index (χ0v) is 9.42. The predicted octanol–water partition coefficient (Wildman–Crippen LogP) is 2.19. The number of methoxy groups -OCH3 is 1. The maximum atomic E-state index is 11.3. The second-order valence-corrected chi connectivity index (χ2v) is 3.14. The van der Waals surface area contributed by atoms with Gasteiger partial charge in [-0.05, 0) is 20.3 Å². The first kappa shape index (κ1) is 13.4. The summed E-state index contributed by atoms with van der Waals surface area (Å²) in [5.74, 6) is -0.364. The Morgan fingerprint density at radius 3 is 2.47 bits per heavy atom. The standard InChI is InChI=1S/C12H16O3/c1-5-9(2)11(13)8-6-7-10(3)12(14)15-4/h7H,1,6,8H2,2-4H3/b10-7+. The molecule has 3 nitrogen and oxygen atoms in total. The first-order valence-electron chi connectivity index (χ1n) is 4.67. The number of ether oxygens (including phenoxy) is 1. The third kappa shape index (κ3) is 4.99. The highest BCUT2D eigenvalue weighted by molar-refractivity contribution is 5.94. The van der Waals surface area contributed by atoms with Gasteiger partial charge in [0.15, 0.2) is 5.78 Å². The number of ketones is 1. The van der Waals surface area contributed by atoms with Crippen molar-refractivity contribution < 1.29 is 14.3 Å². The highest BCUT2D eigenvalue weighted by Gasteiger charge is 2.04. The van der Waals surface area contributed by atoms with E-state index in [0.717, 1.165) is 0 Å². The maximum absolute atomic E-state index is 11.3. The van der Waals surface area contributed by atoms with Gasteiger partial charge in [-0.25, -0.2) is 4.79 Å². The van der Waals surface area contributed by atoms with Gasteiger partial charge in [-0.15, -0.1) is 5.73 Å². The fraction of sp³-hybridized carbons (Fsp3) is 0.417. The van der Waals surface area contributed by atoms with E-state index in [9.17, 15) is 9.59 Å². The first-order valence-corrected chi connectivity index (χ1v) is 4.67. The van der Waals surface area contributed by atoms with E-state index in [2.05, 4.69) is 17.0 Å². The molecule has 0 fully saturated rings. The predicted molar refractivity (Wildman–Crippen MR) is 58.3 cm³/mol. The Hall–Kier alpha value is -1.60. The van der Waals surface area contributed by atoms with Gasteiger partial charge >= 0.3 is 5.97 Å².